The van der Waals surface area contributed by atoms with E-state index in [1.807, 2.05) is 12.1 Å². The second-order valence-corrected chi connectivity index (χ2v) is 6.50. The normalized spacial score (nSPS) is 14.7. The topological polar surface area (TPSA) is 58.6 Å². The van der Waals surface area contributed by atoms with Gasteiger partial charge in [-0.05, 0) is 18.1 Å². The van der Waals surface area contributed by atoms with E-state index in [4.69, 9.17) is 4.74 Å². The van der Waals surface area contributed by atoms with Gasteiger partial charge in [-0.15, -0.1) is 0 Å². The summed E-state index contributed by atoms with van der Waals surface area (Å²) in [6, 6.07) is 8.26. The molecule has 1 aliphatic heterocycles. The maximum absolute atomic E-state index is 11.6. The molecule has 0 saturated carbocycles. The number of benzene rings is 1. The Kier molecular flexibility index (Phi) is 4.79. The van der Waals surface area contributed by atoms with Gasteiger partial charge in [0.2, 0.25) is 10.0 Å². The van der Waals surface area contributed by atoms with Gasteiger partial charge in [-0.2, -0.15) is 0 Å². The van der Waals surface area contributed by atoms with Crippen LogP contribution in [-0.4, -0.2) is 47.5 Å². The Labute approximate surface area is 114 Å². The Morgan fingerprint density at radius 1 is 1.37 bits per heavy atom. The fourth-order valence-corrected chi connectivity index (χ4v) is 3.17. The number of nitrogens with zero attached hydrogens (tertiary/aromatic N) is 1. The maximum atomic E-state index is 11.6. The minimum atomic E-state index is -3.21. The van der Waals surface area contributed by atoms with Crippen LogP contribution >= 0.6 is 0 Å². The summed E-state index contributed by atoms with van der Waals surface area (Å²) >= 11 is 0. The summed E-state index contributed by atoms with van der Waals surface area (Å²) in [6.45, 7) is 2.31. The van der Waals surface area contributed by atoms with Gasteiger partial charge >= 0.3 is 0 Å². The number of nitrogens with one attached hydrogen (secondary N) is 1. The smallest absolute Gasteiger partial charge is 0.213 e. The molecule has 0 bridgehead atoms. The molecule has 0 unspecified atom stereocenters. The van der Waals surface area contributed by atoms with Crippen molar-refractivity contribution >= 4 is 15.7 Å². The molecule has 6 heteroatoms. The lowest BCUT2D eigenvalue weighted by molar-refractivity contribution is 0.217. The Morgan fingerprint density at radius 3 is 2.95 bits per heavy atom. The zero-order valence-electron chi connectivity index (χ0n) is 11.1. The van der Waals surface area contributed by atoms with Crippen molar-refractivity contribution in [1.29, 1.82) is 0 Å². The molecule has 106 valence electrons. The van der Waals surface area contributed by atoms with Gasteiger partial charge in [-0.3, -0.25) is 0 Å². The summed E-state index contributed by atoms with van der Waals surface area (Å²) in [4.78, 5) is 2.22. The van der Waals surface area contributed by atoms with Gasteiger partial charge in [-0.25, -0.2) is 13.1 Å². The van der Waals surface area contributed by atoms with Crippen molar-refractivity contribution in [2.45, 2.75) is 6.42 Å². The molecular formula is C13H20N2O3S. The van der Waals surface area contributed by atoms with E-state index in [0.717, 1.165) is 13.0 Å². The number of sulfonamides is 1. The minimum absolute atomic E-state index is 0.0140. The van der Waals surface area contributed by atoms with Crippen LogP contribution < -0.4 is 9.62 Å². The molecule has 2 rings (SSSR count). The summed E-state index contributed by atoms with van der Waals surface area (Å²) in [5.41, 5.74) is 2.56. The summed E-state index contributed by atoms with van der Waals surface area (Å²) in [6.07, 6.45) is 1.03. The van der Waals surface area contributed by atoms with Crippen molar-refractivity contribution in [2.24, 2.45) is 0 Å². The molecule has 19 heavy (non-hydrogen) atoms. The highest BCUT2D eigenvalue weighted by Gasteiger charge is 2.18. The Hall–Kier alpha value is -1.11. The van der Waals surface area contributed by atoms with E-state index >= 15 is 0 Å². The molecule has 5 nitrogen and oxygen atoms in total. The fraction of sp³-hybridized carbons (Fsp3) is 0.538. The summed E-state index contributed by atoms with van der Waals surface area (Å²) < 4.78 is 30.6. The maximum Gasteiger partial charge on any atom is 0.213 e. The van der Waals surface area contributed by atoms with Gasteiger partial charge in [0.1, 0.15) is 0 Å². The third kappa shape index (κ3) is 3.92. The number of fused-ring (bicyclic) bond motifs is 1. The number of rotatable bonds is 7. The zero-order chi connectivity index (χ0) is 13.7. The van der Waals surface area contributed by atoms with E-state index in [9.17, 15) is 8.42 Å². The molecular weight excluding hydrogens is 264 g/mol. The minimum Gasteiger partial charge on any atom is -0.384 e. The second kappa shape index (κ2) is 6.36. The number of anilines is 1. The number of hydrogen-bond donors (Lipinski definition) is 1. The molecule has 0 aromatic heterocycles. The van der Waals surface area contributed by atoms with Crippen LogP contribution in [0.25, 0.3) is 0 Å². The van der Waals surface area contributed by atoms with E-state index < -0.39 is 10.0 Å². The van der Waals surface area contributed by atoms with E-state index in [-0.39, 0.29) is 12.4 Å². The average molecular weight is 284 g/mol. The number of para-hydroxylation sites is 1. The van der Waals surface area contributed by atoms with E-state index in [1.165, 1.54) is 18.4 Å². The van der Waals surface area contributed by atoms with Gasteiger partial charge in [0, 0.05) is 32.4 Å². The average Bonchev–Trinajstić information content (AvgIpc) is 2.80. The highest BCUT2D eigenvalue weighted by atomic mass is 32.2. The zero-order valence-corrected chi connectivity index (χ0v) is 11.9. The number of hydrogen-bond acceptors (Lipinski definition) is 4. The summed E-state index contributed by atoms with van der Waals surface area (Å²) in [5.74, 6) is 0.0140. The van der Waals surface area contributed by atoms with Crippen LogP contribution in [0.2, 0.25) is 0 Å². The molecule has 1 N–H and O–H groups in total. The standard InChI is InChI=1S/C13H20N2O3S/c1-18-10-11-19(16,17)14-7-9-15-8-6-12-4-2-3-5-13(12)15/h2-5,14H,6-11H2,1H3. The Balaban J connectivity index is 1.81. The summed E-state index contributed by atoms with van der Waals surface area (Å²) in [7, 11) is -1.72. The number of methoxy groups -OCH3 is 1. The van der Waals surface area contributed by atoms with Crippen LogP contribution in [0.1, 0.15) is 5.56 Å². The highest BCUT2D eigenvalue weighted by molar-refractivity contribution is 7.89. The lowest BCUT2D eigenvalue weighted by atomic mass is 10.2. The molecule has 0 spiro atoms. The van der Waals surface area contributed by atoms with Gasteiger partial charge < -0.3 is 9.64 Å². The molecule has 1 aliphatic rings. The summed E-state index contributed by atoms with van der Waals surface area (Å²) in [5, 5.41) is 0. The van der Waals surface area contributed by atoms with Crippen molar-refractivity contribution in [3.8, 4) is 0 Å². The first kappa shape index (κ1) is 14.3. The molecule has 1 aromatic rings. The lowest BCUT2D eigenvalue weighted by Gasteiger charge is -2.19. The monoisotopic (exact) mass is 284 g/mol. The molecule has 1 heterocycles. The van der Waals surface area contributed by atoms with Gasteiger partial charge in [0.25, 0.3) is 0 Å². The van der Waals surface area contributed by atoms with E-state index in [2.05, 4.69) is 21.8 Å². The lowest BCUT2D eigenvalue weighted by Crippen LogP contribution is -2.36. The predicted molar refractivity (Wildman–Crippen MR) is 76.0 cm³/mol. The van der Waals surface area contributed by atoms with Crippen LogP contribution in [0.15, 0.2) is 24.3 Å². The first-order chi connectivity index (χ1) is 9.12. The van der Waals surface area contributed by atoms with Crippen LogP contribution in [0.5, 0.6) is 0 Å². The van der Waals surface area contributed by atoms with E-state index in [0.29, 0.717) is 13.1 Å². The molecule has 0 saturated heterocycles. The van der Waals surface area contributed by atoms with Gasteiger partial charge in [0.15, 0.2) is 0 Å². The van der Waals surface area contributed by atoms with Crippen LogP contribution in [0, 0.1) is 0 Å². The Morgan fingerprint density at radius 2 is 2.16 bits per heavy atom. The quantitative estimate of drug-likeness (QED) is 0.797. The van der Waals surface area contributed by atoms with Crippen molar-refractivity contribution in [3.05, 3.63) is 29.8 Å². The largest absolute Gasteiger partial charge is 0.384 e. The molecule has 0 atom stereocenters. The fourth-order valence-electron chi connectivity index (χ4n) is 2.24. The third-order valence-corrected chi connectivity index (χ3v) is 4.59. The van der Waals surface area contributed by atoms with Gasteiger partial charge in [0.05, 0.1) is 12.4 Å². The predicted octanol–water partition coefficient (Wildman–Crippen LogP) is 0.615. The first-order valence-electron chi connectivity index (χ1n) is 6.41. The van der Waals surface area contributed by atoms with Crippen molar-refractivity contribution in [3.63, 3.8) is 0 Å². The third-order valence-electron chi connectivity index (χ3n) is 3.24. The Bertz CT molecular complexity index is 516. The van der Waals surface area contributed by atoms with Crippen molar-refractivity contribution in [2.75, 3.05) is 44.0 Å². The second-order valence-electron chi connectivity index (χ2n) is 4.57. The molecule has 1 aromatic carbocycles. The first-order valence-corrected chi connectivity index (χ1v) is 8.07. The van der Waals surface area contributed by atoms with Crippen LogP contribution in [-0.2, 0) is 21.2 Å². The van der Waals surface area contributed by atoms with Crippen molar-refractivity contribution in [1.82, 2.24) is 4.72 Å². The number of ether oxygens (including phenoxy) is 1. The van der Waals surface area contributed by atoms with Crippen LogP contribution in [0.4, 0.5) is 5.69 Å². The molecule has 0 aliphatic carbocycles. The van der Waals surface area contributed by atoms with Crippen molar-refractivity contribution < 1.29 is 13.2 Å². The van der Waals surface area contributed by atoms with Gasteiger partial charge in [-0.1, -0.05) is 18.2 Å². The SMILES string of the molecule is COCCS(=O)(=O)NCCN1CCc2ccccc21. The molecule has 0 amide bonds. The van der Waals surface area contributed by atoms with Crippen LogP contribution in [0.3, 0.4) is 0 Å². The molecule has 0 fully saturated rings. The highest BCUT2D eigenvalue weighted by Crippen LogP contribution is 2.26. The van der Waals surface area contributed by atoms with E-state index in [1.54, 1.807) is 0 Å². The molecule has 0 radical (unpaired) electrons.